The number of hydrogen-bond acceptors (Lipinski definition) is 9. The Kier molecular flexibility index (Phi) is 7.92. The van der Waals surface area contributed by atoms with Gasteiger partial charge in [-0.15, -0.1) is 0 Å². The topological polar surface area (TPSA) is 207 Å². The van der Waals surface area contributed by atoms with Crippen molar-refractivity contribution in [1.29, 1.82) is 0 Å². The van der Waals surface area contributed by atoms with E-state index in [1.807, 2.05) is 0 Å². The van der Waals surface area contributed by atoms with E-state index >= 15 is 0 Å². The largest absolute Gasteiger partial charge is 0.394 e. The molecule has 0 radical (unpaired) electrons. The fourth-order valence-electron chi connectivity index (χ4n) is 4.88. The predicted octanol–water partition coefficient (Wildman–Crippen LogP) is -1.76. The average Bonchev–Trinajstić information content (AvgIpc) is 3.46. The molecule has 0 saturated carbocycles. The number of rotatable bonds is 8. The Hall–Kier alpha value is -3.33. The van der Waals surface area contributed by atoms with Gasteiger partial charge >= 0.3 is 11.4 Å². The molecule has 202 valence electrons. The van der Waals surface area contributed by atoms with Crippen LogP contribution in [0.3, 0.4) is 0 Å². The third-order valence-corrected chi connectivity index (χ3v) is 7.00. The van der Waals surface area contributed by atoms with Crippen LogP contribution in [0.4, 0.5) is 0 Å². The van der Waals surface area contributed by atoms with Gasteiger partial charge in [0.25, 0.3) is 11.1 Å². The molecule has 14 nitrogen and oxygen atoms in total. The summed E-state index contributed by atoms with van der Waals surface area (Å²) in [5, 5.41) is 19.6. The molecule has 37 heavy (non-hydrogen) atoms. The minimum absolute atomic E-state index is 0.221. The Balaban J connectivity index is 1.42. The number of H-pyrrole nitrogens is 2. The second-order valence-electron chi connectivity index (χ2n) is 9.61. The SMILES string of the molecule is Cc1cn([C@H]2C[C@H](CN=C(N)C[C@H]3C[C@H](n4cc(C)c(=O)[nH]c4=O)O[C@@H]3CO)[C@@H](CO)O2)c(=O)[nH]c1=O. The fraction of sp³-hybridized carbons (Fsp3) is 0.609. The summed E-state index contributed by atoms with van der Waals surface area (Å²) in [6.45, 7) is 2.86. The predicted molar refractivity (Wildman–Crippen MR) is 131 cm³/mol. The van der Waals surface area contributed by atoms with Crippen LogP contribution in [0.2, 0.25) is 0 Å². The first kappa shape index (κ1) is 26.7. The summed E-state index contributed by atoms with van der Waals surface area (Å²) in [5.74, 6) is -0.131. The highest BCUT2D eigenvalue weighted by Crippen LogP contribution is 2.35. The lowest BCUT2D eigenvalue weighted by molar-refractivity contribution is -0.0324. The van der Waals surface area contributed by atoms with Crippen molar-refractivity contribution in [2.45, 2.75) is 57.8 Å². The monoisotopic (exact) mass is 520 g/mol. The maximum Gasteiger partial charge on any atom is 0.330 e. The van der Waals surface area contributed by atoms with Crippen molar-refractivity contribution in [3.63, 3.8) is 0 Å². The molecule has 0 spiro atoms. The van der Waals surface area contributed by atoms with Crippen molar-refractivity contribution >= 4 is 5.84 Å². The second kappa shape index (κ2) is 11.0. The van der Waals surface area contributed by atoms with Gasteiger partial charge < -0.3 is 25.4 Å². The van der Waals surface area contributed by atoms with E-state index in [9.17, 15) is 29.4 Å². The Labute approximate surface area is 210 Å². The lowest BCUT2D eigenvalue weighted by Gasteiger charge is -2.17. The zero-order valence-electron chi connectivity index (χ0n) is 20.6. The number of nitrogens with zero attached hydrogens (tertiary/aromatic N) is 3. The zero-order chi connectivity index (χ0) is 26.9. The highest BCUT2D eigenvalue weighted by molar-refractivity contribution is 5.80. The number of amidine groups is 1. The van der Waals surface area contributed by atoms with Crippen LogP contribution in [-0.2, 0) is 9.47 Å². The van der Waals surface area contributed by atoms with Crippen molar-refractivity contribution in [2.75, 3.05) is 19.8 Å². The first-order chi connectivity index (χ1) is 17.6. The molecule has 0 unspecified atom stereocenters. The van der Waals surface area contributed by atoms with Gasteiger partial charge in [0.2, 0.25) is 0 Å². The van der Waals surface area contributed by atoms with E-state index in [-0.39, 0.29) is 31.6 Å². The number of aromatic amines is 2. The smallest absolute Gasteiger partial charge is 0.330 e. The van der Waals surface area contributed by atoms with E-state index < -0.39 is 47.2 Å². The zero-order valence-corrected chi connectivity index (χ0v) is 20.6. The van der Waals surface area contributed by atoms with Crippen LogP contribution in [0.15, 0.2) is 36.6 Å². The minimum atomic E-state index is -0.667. The van der Waals surface area contributed by atoms with Crippen LogP contribution in [0.1, 0.15) is 42.8 Å². The quantitative estimate of drug-likeness (QED) is 0.197. The first-order valence-corrected chi connectivity index (χ1v) is 12.1. The fourth-order valence-corrected chi connectivity index (χ4v) is 4.88. The number of aliphatic imine (C=N–C) groups is 1. The molecular weight excluding hydrogens is 488 g/mol. The van der Waals surface area contributed by atoms with Crippen molar-refractivity contribution in [2.24, 2.45) is 22.6 Å². The van der Waals surface area contributed by atoms with Crippen molar-refractivity contribution < 1.29 is 19.7 Å². The van der Waals surface area contributed by atoms with Crippen LogP contribution in [-0.4, -0.2) is 67.1 Å². The van der Waals surface area contributed by atoms with Gasteiger partial charge in [0.15, 0.2) is 0 Å². The summed E-state index contributed by atoms with van der Waals surface area (Å²) in [6.07, 6.45) is 1.46. The molecule has 2 aromatic rings. The Morgan fingerprint density at radius 1 is 0.919 bits per heavy atom. The number of aliphatic hydroxyl groups excluding tert-OH is 2. The van der Waals surface area contributed by atoms with Gasteiger partial charge in [-0.1, -0.05) is 0 Å². The summed E-state index contributed by atoms with van der Waals surface area (Å²) >= 11 is 0. The maximum atomic E-state index is 12.2. The molecule has 2 aromatic heterocycles. The summed E-state index contributed by atoms with van der Waals surface area (Å²) in [7, 11) is 0. The molecule has 0 bridgehead atoms. The normalized spacial score (nSPS) is 28.2. The van der Waals surface area contributed by atoms with Gasteiger partial charge in [-0.05, 0) is 32.6 Å². The van der Waals surface area contributed by atoms with E-state index in [1.165, 1.54) is 21.5 Å². The molecule has 4 heterocycles. The number of nitrogens with one attached hydrogen (secondary N) is 2. The minimum Gasteiger partial charge on any atom is -0.394 e. The number of aryl methyl sites for hydroxylation is 2. The summed E-state index contributed by atoms with van der Waals surface area (Å²) < 4.78 is 14.3. The molecule has 6 N–H and O–H groups in total. The third-order valence-electron chi connectivity index (χ3n) is 7.00. The molecule has 2 aliphatic rings. The Morgan fingerprint density at radius 3 is 1.86 bits per heavy atom. The summed E-state index contributed by atoms with van der Waals surface area (Å²) in [5.41, 5.74) is 4.81. The first-order valence-electron chi connectivity index (χ1n) is 12.1. The Morgan fingerprint density at radius 2 is 1.38 bits per heavy atom. The summed E-state index contributed by atoms with van der Waals surface area (Å²) in [4.78, 5) is 56.8. The highest BCUT2D eigenvalue weighted by Gasteiger charge is 2.38. The van der Waals surface area contributed by atoms with Gasteiger partial charge in [-0.2, -0.15) is 0 Å². The molecule has 2 aliphatic heterocycles. The third kappa shape index (κ3) is 5.66. The van der Waals surface area contributed by atoms with Crippen molar-refractivity contribution in [3.8, 4) is 0 Å². The molecule has 4 rings (SSSR count). The van der Waals surface area contributed by atoms with Crippen molar-refractivity contribution in [1.82, 2.24) is 19.1 Å². The van der Waals surface area contributed by atoms with Gasteiger partial charge in [-0.25, -0.2) is 9.59 Å². The van der Waals surface area contributed by atoms with Crippen LogP contribution >= 0.6 is 0 Å². The lowest BCUT2D eigenvalue weighted by atomic mass is 9.96. The molecule has 2 saturated heterocycles. The van der Waals surface area contributed by atoms with Gasteiger partial charge in [0, 0.05) is 42.4 Å². The maximum absolute atomic E-state index is 12.2. The Bertz CT molecular complexity index is 1390. The molecule has 0 amide bonds. The van der Waals surface area contributed by atoms with Gasteiger partial charge in [-0.3, -0.25) is 33.7 Å². The lowest BCUT2D eigenvalue weighted by Crippen LogP contribution is -2.33. The molecule has 2 fully saturated rings. The molecule has 14 heteroatoms. The van der Waals surface area contributed by atoms with Crippen LogP contribution in [0, 0.1) is 25.7 Å². The second-order valence-corrected chi connectivity index (χ2v) is 9.61. The number of nitrogens with two attached hydrogens (primary N) is 1. The van der Waals surface area contributed by atoms with Crippen LogP contribution < -0.4 is 28.2 Å². The molecule has 0 aliphatic carbocycles. The number of aliphatic hydroxyl groups is 2. The van der Waals surface area contributed by atoms with Crippen LogP contribution in [0.25, 0.3) is 0 Å². The van der Waals surface area contributed by atoms with E-state index in [4.69, 9.17) is 15.2 Å². The van der Waals surface area contributed by atoms with Crippen molar-refractivity contribution in [3.05, 3.63) is 65.2 Å². The van der Waals surface area contributed by atoms with E-state index in [0.717, 1.165) is 0 Å². The van der Waals surface area contributed by atoms with Gasteiger partial charge in [0.05, 0.1) is 31.3 Å². The number of ether oxygens (including phenoxy) is 2. The molecule has 6 atom stereocenters. The average molecular weight is 521 g/mol. The standard InChI is InChI=1S/C23H32N6O8/c1-11-7-28(22(34)26-20(11)32)18-4-13(15(9-30)36-18)3-17(24)25-6-14-5-19(37-16(14)10-31)29-8-12(2)21(33)27-23(29)35/h7-8,13-16,18-19,30-31H,3-6,9-10H2,1-2H3,(H2,24,25)(H,26,32,34)(H,27,33,35)/t13-,14+,15+,16+,18+,19+/m0/s1. The van der Waals surface area contributed by atoms with E-state index in [2.05, 4.69) is 15.0 Å². The number of hydrogen-bond donors (Lipinski definition) is 5. The highest BCUT2D eigenvalue weighted by atomic mass is 16.5. The van der Waals surface area contributed by atoms with E-state index in [0.29, 0.717) is 36.2 Å². The van der Waals surface area contributed by atoms with E-state index in [1.54, 1.807) is 13.8 Å². The number of aromatic nitrogens is 4. The summed E-state index contributed by atoms with van der Waals surface area (Å²) in [6, 6.07) is 0. The van der Waals surface area contributed by atoms with Gasteiger partial charge in [0.1, 0.15) is 12.5 Å². The molecular formula is C23H32N6O8. The molecule has 0 aromatic carbocycles. The van der Waals surface area contributed by atoms with Crippen LogP contribution in [0.5, 0.6) is 0 Å².